The quantitative estimate of drug-likeness (QED) is 0.374. The molecule has 2 heterocycles. The van der Waals surface area contributed by atoms with Crippen LogP contribution in [0, 0.1) is 11.3 Å². The number of aromatic amines is 1. The zero-order chi connectivity index (χ0) is 23.5. The van der Waals surface area contributed by atoms with Gasteiger partial charge in [-0.25, -0.2) is 4.98 Å². The Morgan fingerprint density at radius 3 is 2.53 bits per heavy atom. The molecule has 8 nitrogen and oxygen atoms in total. The Morgan fingerprint density at radius 2 is 1.74 bits per heavy atom. The van der Waals surface area contributed by atoms with Gasteiger partial charge in [0, 0.05) is 18.1 Å². The van der Waals surface area contributed by atoms with Gasteiger partial charge in [-0.05, 0) is 41.3 Å². The van der Waals surface area contributed by atoms with Crippen LogP contribution in [-0.2, 0) is 6.54 Å². The molecule has 0 aliphatic rings. The lowest BCUT2D eigenvalue weighted by Gasteiger charge is -2.06. The van der Waals surface area contributed by atoms with E-state index in [1.165, 1.54) is 0 Å². The third kappa shape index (κ3) is 4.18. The Kier molecular flexibility index (Phi) is 5.42. The number of nitriles is 1. The van der Waals surface area contributed by atoms with Gasteiger partial charge in [-0.2, -0.15) is 5.26 Å². The molecule has 0 radical (unpaired) electrons. The fourth-order valence-corrected chi connectivity index (χ4v) is 3.63. The van der Waals surface area contributed by atoms with Crippen LogP contribution >= 0.6 is 0 Å². The minimum Gasteiger partial charge on any atom is -0.348 e. The van der Waals surface area contributed by atoms with Crippen LogP contribution in [0.5, 0.6) is 0 Å². The molecular weight excluding hydrogens is 428 g/mol. The number of nitrogens with one attached hydrogen (secondary N) is 3. The van der Waals surface area contributed by atoms with Crippen LogP contribution in [0.1, 0.15) is 32.0 Å². The highest BCUT2D eigenvalue weighted by Gasteiger charge is 2.16. The summed E-state index contributed by atoms with van der Waals surface area (Å²) < 4.78 is 0. The molecule has 3 N–H and O–H groups in total. The molecular formula is C26H18N6O2. The fourth-order valence-electron chi connectivity index (χ4n) is 3.63. The molecule has 8 heteroatoms. The highest BCUT2D eigenvalue weighted by Crippen LogP contribution is 2.20. The zero-order valence-corrected chi connectivity index (χ0v) is 17.9. The van der Waals surface area contributed by atoms with E-state index in [9.17, 15) is 9.59 Å². The summed E-state index contributed by atoms with van der Waals surface area (Å²) in [5.74, 6) is -0.477. The van der Waals surface area contributed by atoms with Crippen molar-refractivity contribution in [2.24, 2.45) is 0 Å². The highest BCUT2D eigenvalue weighted by atomic mass is 16.2. The lowest BCUT2D eigenvalue weighted by Crippen LogP contribution is -2.23. The van der Waals surface area contributed by atoms with Gasteiger partial charge in [-0.1, -0.05) is 42.5 Å². The van der Waals surface area contributed by atoms with E-state index >= 15 is 0 Å². The van der Waals surface area contributed by atoms with Gasteiger partial charge in [0.1, 0.15) is 11.2 Å². The predicted molar refractivity (Wildman–Crippen MR) is 128 cm³/mol. The van der Waals surface area contributed by atoms with Crippen molar-refractivity contribution in [1.82, 2.24) is 20.3 Å². The number of benzene rings is 3. The van der Waals surface area contributed by atoms with E-state index in [4.69, 9.17) is 5.26 Å². The number of hydrogen-bond donors (Lipinski definition) is 3. The zero-order valence-electron chi connectivity index (χ0n) is 17.9. The van der Waals surface area contributed by atoms with Gasteiger partial charge in [-0.3, -0.25) is 19.9 Å². The van der Waals surface area contributed by atoms with Gasteiger partial charge in [0.05, 0.1) is 22.7 Å². The summed E-state index contributed by atoms with van der Waals surface area (Å²) in [7, 11) is 0. The number of carbonyl (C=O) groups excluding carboxylic acids is 2. The first-order valence-corrected chi connectivity index (χ1v) is 10.5. The van der Waals surface area contributed by atoms with Gasteiger partial charge in [0.15, 0.2) is 0 Å². The SMILES string of the molecule is N#Cc1ccc(CNC(=O)c2cccc3[nH]c(NC(=O)c4cc5ccccc5cn4)nc23)cc1. The number of rotatable bonds is 5. The van der Waals surface area contributed by atoms with Crippen molar-refractivity contribution in [2.75, 3.05) is 5.32 Å². The predicted octanol–water partition coefficient (Wildman–Crippen LogP) is 4.17. The van der Waals surface area contributed by atoms with E-state index in [1.807, 2.05) is 24.3 Å². The molecule has 34 heavy (non-hydrogen) atoms. The molecule has 0 saturated heterocycles. The van der Waals surface area contributed by atoms with Crippen LogP contribution in [0.4, 0.5) is 5.95 Å². The van der Waals surface area contributed by atoms with Gasteiger partial charge in [0.2, 0.25) is 5.95 Å². The molecule has 0 bridgehead atoms. The fraction of sp³-hybridized carbons (Fsp3) is 0.0385. The molecule has 0 aliphatic heterocycles. The van der Waals surface area contributed by atoms with Gasteiger partial charge in [0.25, 0.3) is 11.8 Å². The third-order valence-corrected chi connectivity index (χ3v) is 5.39. The standard InChI is InChI=1S/C26H18N6O2/c27-13-16-8-10-17(11-9-16)14-29-24(33)20-6-3-7-21-23(20)31-26(30-21)32-25(34)22-12-18-4-1-2-5-19(18)15-28-22/h1-12,15H,14H2,(H,29,33)(H2,30,31,32,34). The van der Waals surface area contributed by atoms with Crippen molar-refractivity contribution in [2.45, 2.75) is 6.54 Å². The first-order chi connectivity index (χ1) is 16.6. The van der Waals surface area contributed by atoms with E-state index in [-0.39, 0.29) is 17.5 Å². The molecule has 3 aromatic carbocycles. The molecule has 5 aromatic rings. The summed E-state index contributed by atoms with van der Waals surface area (Å²) >= 11 is 0. The molecule has 0 fully saturated rings. The number of amides is 2. The molecule has 0 saturated carbocycles. The molecule has 0 unspecified atom stereocenters. The number of aromatic nitrogens is 3. The summed E-state index contributed by atoms with van der Waals surface area (Å²) in [6.07, 6.45) is 1.65. The van der Waals surface area contributed by atoms with Crippen LogP contribution in [0.25, 0.3) is 21.8 Å². The summed E-state index contributed by atoms with van der Waals surface area (Å²) in [6, 6.07) is 23.6. The number of H-pyrrole nitrogens is 1. The van der Waals surface area contributed by atoms with E-state index < -0.39 is 5.91 Å². The first-order valence-electron chi connectivity index (χ1n) is 10.5. The summed E-state index contributed by atoms with van der Waals surface area (Å²) in [5, 5.41) is 16.3. The Bertz CT molecular complexity index is 1580. The smallest absolute Gasteiger partial charge is 0.276 e. The van der Waals surface area contributed by atoms with Crippen molar-refractivity contribution in [3.8, 4) is 6.07 Å². The van der Waals surface area contributed by atoms with E-state index in [0.717, 1.165) is 16.3 Å². The average Bonchev–Trinajstić information content (AvgIpc) is 3.29. The Labute approximate surface area is 194 Å². The number of imidazole rings is 1. The Morgan fingerprint density at radius 1 is 0.941 bits per heavy atom. The Hall–Kier alpha value is -5.03. The Balaban J connectivity index is 1.33. The summed E-state index contributed by atoms with van der Waals surface area (Å²) in [5.41, 5.74) is 3.14. The molecule has 2 amide bonds. The number of pyridine rings is 1. The normalized spacial score (nSPS) is 10.7. The number of fused-ring (bicyclic) bond motifs is 2. The molecule has 5 rings (SSSR count). The minimum absolute atomic E-state index is 0.224. The lowest BCUT2D eigenvalue weighted by atomic mass is 10.1. The van der Waals surface area contributed by atoms with E-state index in [0.29, 0.717) is 28.7 Å². The van der Waals surface area contributed by atoms with E-state index in [1.54, 1.807) is 54.7 Å². The van der Waals surface area contributed by atoms with Crippen LogP contribution in [0.15, 0.2) is 79.0 Å². The lowest BCUT2D eigenvalue weighted by molar-refractivity contribution is 0.0951. The minimum atomic E-state index is -0.406. The van der Waals surface area contributed by atoms with Gasteiger partial charge < -0.3 is 10.3 Å². The number of anilines is 1. The molecule has 164 valence electrons. The topological polar surface area (TPSA) is 124 Å². The van der Waals surface area contributed by atoms with Crippen LogP contribution < -0.4 is 10.6 Å². The number of nitrogens with zero attached hydrogens (tertiary/aromatic N) is 3. The van der Waals surface area contributed by atoms with Gasteiger partial charge >= 0.3 is 0 Å². The van der Waals surface area contributed by atoms with E-state index in [2.05, 4.69) is 31.7 Å². The van der Waals surface area contributed by atoms with Crippen molar-refractivity contribution < 1.29 is 9.59 Å². The maximum Gasteiger partial charge on any atom is 0.276 e. The maximum absolute atomic E-state index is 12.8. The van der Waals surface area contributed by atoms with Crippen molar-refractivity contribution in [1.29, 1.82) is 5.26 Å². The second-order valence-electron chi connectivity index (χ2n) is 7.65. The maximum atomic E-state index is 12.8. The first kappa shape index (κ1) is 20.8. The van der Waals surface area contributed by atoms with Gasteiger partial charge in [-0.15, -0.1) is 0 Å². The van der Waals surface area contributed by atoms with Crippen molar-refractivity contribution >= 4 is 39.6 Å². The number of carbonyl (C=O) groups is 2. The largest absolute Gasteiger partial charge is 0.348 e. The highest BCUT2D eigenvalue weighted by molar-refractivity contribution is 6.07. The molecule has 0 atom stereocenters. The van der Waals surface area contributed by atoms with Crippen LogP contribution in [0.3, 0.4) is 0 Å². The monoisotopic (exact) mass is 446 g/mol. The number of hydrogen-bond acceptors (Lipinski definition) is 5. The summed E-state index contributed by atoms with van der Waals surface area (Å²) in [6.45, 7) is 0.308. The second kappa shape index (κ2) is 8.84. The molecule has 0 spiro atoms. The second-order valence-corrected chi connectivity index (χ2v) is 7.65. The third-order valence-electron chi connectivity index (χ3n) is 5.39. The molecule has 2 aromatic heterocycles. The number of para-hydroxylation sites is 1. The van der Waals surface area contributed by atoms with Crippen LogP contribution in [-0.4, -0.2) is 26.8 Å². The average molecular weight is 446 g/mol. The molecule has 0 aliphatic carbocycles. The van der Waals surface area contributed by atoms with Crippen LogP contribution in [0.2, 0.25) is 0 Å². The summed E-state index contributed by atoms with van der Waals surface area (Å²) in [4.78, 5) is 37.2. The van der Waals surface area contributed by atoms with Crippen molar-refractivity contribution in [3.63, 3.8) is 0 Å². The van der Waals surface area contributed by atoms with Crippen molar-refractivity contribution in [3.05, 3.63) is 101 Å².